The highest BCUT2D eigenvalue weighted by molar-refractivity contribution is 6.34. The first-order chi connectivity index (χ1) is 6.96. The highest BCUT2D eigenvalue weighted by atomic mass is 35.5. The highest BCUT2D eigenvalue weighted by Crippen LogP contribution is 2.24. The van der Waals surface area contributed by atoms with Gasteiger partial charge in [-0.2, -0.15) is 0 Å². The fraction of sp³-hybridized carbons (Fsp3) is 0.417. The van der Waals surface area contributed by atoms with Crippen LogP contribution < -0.4 is 0 Å². The lowest BCUT2D eigenvalue weighted by atomic mass is 9.92. The van der Waals surface area contributed by atoms with Crippen molar-refractivity contribution in [3.63, 3.8) is 0 Å². The topological polar surface area (TPSA) is 28.7 Å². The first-order valence-electron chi connectivity index (χ1n) is 5.09. The molecule has 0 fully saturated rings. The Kier molecular flexibility index (Phi) is 2.47. The Morgan fingerprint density at radius 1 is 1.33 bits per heavy atom. The van der Waals surface area contributed by atoms with Gasteiger partial charge in [-0.1, -0.05) is 38.4 Å². The zero-order valence-electron chi connectivity index (χ0n) is 9.26. The van der Waals surface area contributed by atoms with Crippen molar-refractivity contribution in [2.45, 2.75) is 27.2 Å². The molecule has 3 heteroatoms. The van der Waals surface area contributed by atoms with Crippen molar-refractivity contribution in [2.75, 3.05) is 0 Å². The van der Waals surface area contributed by atoms with Gasteiger partial charge in [0.15, 0.2) is 0 Å². The van der Waals surface area contributed by atoms with Gasteiger partial charge >= 0.3 is 0 Å². The second kappa shape index (κ2) is 3.53. The maximum atomic E-state index is 6.06. The van der Waals surface area contributed by atoms with Crippen LogP contribution in [0, 0.1) is 5.41 Å². The molecule has 15 heavy (non-hydrogen) atoms. The molecule has 2 aromatic rings. The summed E-state index contributed by atoms with van der Waals surface area (Å²) >= 11 is 6.06. The normalized spacial score (nSPS) is 12.3. The van der Waals surface area contributed by atoms with Crippen LogP contribution in [0.25, 0.3) is 11.0 Å². The number of nitrogens with one attached hydrogen (secondary N) is 1. The third-order valence-electron chi connectivity index (χ3n) is 2.21. The predicted molar refractivity (Wildman–Crippen MR) is 64.3 cm³/mol. The first-order valence-corrected chi connectivity index (χ1v) is 5.47. The Labute approximate surface area is 94.7 Å². The number of imidazole rings is 1. The summed E-state index contributed by atoms with van der Waals surface area (Å²) in [6.45, 7) is 6.59. The third kappa shape index (κ3) is 2.32. The van der Waals surface area contributed by atoms with Crippen LogP contribution in [-0.4, -0.2) is 9.97 Å². The molecule has 0 aliphatic rings. The number of rotatable bonds is 1. The van der Waals surface area contributed by atoms with Crippen LogP contribution in [-0.2, 0) is 6.42 Å². The number of H-pyrrole nitrogens is 1. The molecule has 0 bridgehead atoms. The van der Waals surface area contributed by atoms with E-state index in [9.17, 15) is 0 Å². The number of halogens is 1. The zero-order chi connectivity index (χ0) is 11.1. The monoisotopic (exact) mass is 222 g/mol. The van der Waals surface area contributed by atoms with Crippen molar-refractivity contribution >= 4 is 22.6 Å². The maximum absolute atomic E-state index is 6.06. The summed E-state index contributed by atoms with van der Waals surface area (Å²) < 4.78 is 0. The molecule has 0 atom stereocenters. The third-order valence-corrected chi connectivity index (χ3v) is 2.52. The van der Waals surface area contributed by atoms with Crippen LogP contribution in [0.4, 0.5) is 0 Å². The van der Waals surface area contributed by atoms with E-state index in [1.54, 1.807) is 0 Å². The number of hydrogen-bond donors (Lipinski definition) is 1. The number of benzene rings is 1. The largest absolute Gasteiger partial charge is 0.342 e. The van der Waals surface area contributed by atoms with E-state index < -0.39 is 0 Å². The second-order valence-corrected chi connectivity index (χ2v) is 5.46. The minimum absolute atomic E-state index is 0.236. The van der Waals surface area contributed by atoms with Gasteiger partial charge in [-0.15, -0.1) is 0 Å². The van der Waals surface area contributed by atoms with Gasteiger partial charge in [-0.3, -0.25) is 0 Å². The van der Waals surface area contributed by atoms with E-state index >= 15 is 0 Å². The molecule has 0 spiro atoms. The average molecular weight is 223 g/mol. The number of para-hydroxylation sites is 1. The summed E-state index contributed by atoms with van der Waals surface area (Å²) in [6, 6.07) is 5.80. The van der Waals surface area contributed by atoms with Crippen molar-refractivity contribution in [3.8, 4) is 0 Å². The van der Waals surface area contributed by atoms with Crippen molar-refractivity contribution < 1.29 is 0 Å². The van der Waals surface area contributed by atoms with E-state index in [0.717, 1.165) is 23.3 Å². The molecule has 2 rings (SSSR count). The van der Waals surface area contributed by atoms with E-state index in [2.05, 4.69) is 30.7 Å². The molecule has 0 radical (unpaired) electrons. The molecule has 0 unspecified atom stereocenters. The molecular formula is C12H15ClN2. The molecule has 1 aromatic heterocycles. The van der Waals surface area contributed by atoms with Gasteiger partial charge in [0.05, 0.1) is 10.5 Å². The van der Waals surface area contributed by atoms with E-state index in [4.69, 9.17) is 11.6 Å². The quantitative estimate of drug-likeness (QED) is 0.781. The molecule has 1 heterocycles. The van der Waals surface area contributed by atoms with Crippen LogP contribution in [0.2, 0.25) is 5.02 Å². The molecule has 0 saturated carbocycles. The number of hydrogen-bond acceptors (Lipinski definition) is 1. The minimum Gasteiger partial charge on any atom is -0.342 e. The smallest absolute Gasteiger partial charge is 0.107 e. The van der Waals surface area contributed by atoms with E-state index in [1.807, 2.05) is 18.2 Å². The lowest BCUT2D eigenvalue weighted by Crippen LogP contribution is -2.10. The molecule has 1 aromatic carbocycles. The molecular weight excluding hydrogens is 208 g/mol. The highest BCUT2D eigenvalue weighted by Gasteiger charge is 2.14. The SMILES string of the molecule is CC(C)(C)Cc1nc2c(Cl)cccc2[nH]1. The van der Waals surface area contributed by atoms with Crippen LogP contribution in [0.3, 0.4) is 0 Å². The summed E-state index contributed by atoms with van der Waals surface area (Å²) in [5.74, 6) is 1.01. The molecule has 0 aliphatic carbocycles. The van der Waals surface area contributed by atoms with E-state index in [1.165, 1.54) is 0 Å². The summed E-state index contributed by atoms with van der Waals surface area (Å²) in [6.07, 6.45) is 0.929. The first kappa shape index (κ1) is 10.5. The van der Waals surface area contributed by atoms with Gasteiger partial charge in [-0.25, -0.2) is 4.98 Å². The van der Waals surface area contributed by atoms with Crippen molar-refractivity contribution in [3.05, 3.63) is 29.0 Å². The van der Waals surface area contributed by atoms with Crippen molar-refractivity contribution in [1.29, 1.82) is 0 Å². The maximum Gasteiger partial charge on any atom is 0.107 e. The average Bonchev–Trinajstić information content (AvgIpc) is 2.45. The van der Waals surface area contributed by atoms with Gasteiger partial charge in [0.1, 0.15) is 11.3 Å². The number of aromatic amines is 1. The number of fused-ring (bicyclic) bond motifs is 1. The predicted octanol–water partition coefficient (Wildman–Crippen LogP) is 3.80. The van der Waals surface area contributed by atoms with Gasteiger partial charge in [-0.05, 0) is 17.5 Å². The molecule has 0 amide bonds. The molecule has 2 nitrogen and oxygen atoms in total. The fourth-order valence-electron chi connectivity index (χ4n) is 1.63. The lowest BCUT2D eigenvalue weighted by molar-refractivity contribution is 0.402. The Morgan fingerprint density at radius 2 is 2.07 bits per heavy atom. The summed E-state index contributed by atoms with van der Waals surface area (Å²) in [7, 11) is 0. The molecule has 0 aliphatic heterocycles. The molecule has 1 N–H and O–H groups in total. The standard InChI is InChI=1S/C12H15ClN2/c1-12(2,3)7-10-14-9-6-4-5-8(13)11(9)15-10/h4-6H,7H2,1-3H3,(H,14,15). The Morgan fingerprint density at radius 3 is 2.67 bits per heavy atom. The Bertz CT molecular complexity index is 480. The Balaban J connectivity index is 2.44. The number of aromatic nitrogens is 2. The molecule has 0 saturated heterocycles. The van der Waals surface area contributed by atoms with Crippen LogP contribution >= 0.6 is 11.6 Å². The van der Waals surface area contributed by atoms with Crippen molar-refractivity contribution in [2.24, 2.45) is 5.41 Å². The van der Waals surface area contributed by atoms with Gasteiger partial charge in [0.25, 0.3) is 0 Å². The van der Waals surface area contributed by atoms with Crippen LogP contribution in [0.5, 0.6) is 0 Å². The lowest BCUT2D eigenvalue weighted by Gasteiger charge is -2.15. The van der Waals surface area contributed by atoms with Gasteiger partial charge in [0.2, 0.25) is 0 Å². The van der Waals surface area contributed by atoms with Gasteiger partial charge in [0, 0.05) is 6.42 Å². The summed E-state index contributed by atoms with van der Waals surface area (Å²) in [5, 5.41) is 0.712. The van der Waals surface area contributed by atoms with Crippen LogP contribution in [0.15, 0.2) is 18.2 Å². The minimum atomic E-state index is 0.236. The zero-order valence-corrected chi connectivity index (χ0v) is 10.0. The van der Waals surface area contributed by atoms with E-state index in [-0.39, 0.29) is 5.41 Å². The Hall–Kier alpha value is -1.02. The van der Waals surface area contributed by atoms with Crippen molar-refractivity contribution in [1.82, 2.24) is 9.97 Å². The fourth-order valence-corrected chi connectivity index (χ4v) is 1.85. The summed E-state index contributed by atoms with van der Waals surface area (Å²) in [4.78, 5) is 7.81. The van der Waals surface area contributed by atoms with E-state index in [0.29, 0.717) is 5.02 Å². The summed E-state index contributed by atoms with van der Waals surface area (Å²) in [5.41, 5.74) is 2.13. The van der Waals surface area contributed by atoms with Crippen LogP contribution in [0.1, 0.15) is 26.6 Å². The second-order valence-electron chi connectivity index (χ2n) is 5.06. The van der Waals surface area contributed by atoms with Gasteiger partial charge < -0.3 is 4.98 Å². The number of nitrogens with zero attached hydrogens (tertiary/aromatic N) is 1. The molecule has 80 valence electrons.